The van der Waals surface area contributed by atoms with Gasteiger partial charge in [0.15, 0.2) is 0 Å². The Hall–Kier alpha value is -2.66. The Kier molecular flexibility index (Phi) is 4.01. The predicted octanol–water partition coefficient (Wildman–Crippen LogP) is 2.22. The molecule has 0 bridgehead atoms. The van der Waals surface area contributed by atoms with Crippen molar-refractivity contribution in [1.82, 2.24) is 20.4 Å². The van der Waals surface area contributed by atoms with Gasteiger partial charge in [-0.05, 0) is 31.7 Å². The van der Waals surface area contributed by atoms with E-state index in [4.69, 9.17) is 21.4 Å². The average Bonchev–Trinajstić information content (AvgIpc) is 3.11. The number of hydrogen-bond acceptors (Lipinski definition) is 7. The van der Waals surface area contributed by atoms with Gasteiger partial charge in [-0.2, -0.15) is 10.2 Å². The van der Waals surface area contributed by atoms with Crippen LogP contribution in [0.25, 0.3) is 0 Å². The van der Waals surface area contributed by atoms with Gasteiger partial charge >= 0.3 is 0 Å². The molecule has 3 heterocycles. The molecule has 128 valence electrons. The van der Waals surface area contributed by atoms with Crippen LogP contribution in [0.15, 0.2) is 16.8 Å². The van der Waals surface area contributed by atoms with Gasteiger partial charge in [-0.1, -0.05) is 16.8 Å². The zero-order valence-electron chi connectivity index (χ0n) is 13.3. The fraction of sp³-hybridized carbons (Fsp3) is 0.438. The lowest BCUT2D eigenvalue weighted by Gasteiger charge is -2.23. The normalized spacial score (nSPS) is 19.7. The molecule has 0 unspecified atom stereocenters. The second-order valence-electron chi connectivity index (χ2n) is 6.20. The third kappa shape index (κ3) is 3.15. The first-order valence-corrected chi connectivity index (χ1v) is 8.50. The van der Waals surface area contributed by atoms with Crippen LogP contribution in [0.5, 0.6) is 0 Å². The standard InChI is InChI=1S/C16H15ClN6O2/c17-11-6-9(7-18)8-19-14(11)23-5-1-2-12(23)16-21-13(22-25-16)15(24)20-10-3-4-10/h6,8,10,12H,1-5H2,(H,20,24)/t12-/m0/s1. The largest absolute Gasteiger partial charge is 0.346 e. The van der Waals surface area contributed by atoms with Crippen LogP contribution in [0.3, 0.4) is 0 Å². The minimum atomic E-state index is -0.309. The van der Waals surface area contributed by atoms with Gasteiger partial charge in [0.1, 0.15) is 17.9 Å². The fourth-order valence-corrected chi connectivity index (χ4v) is 3.20. The van der Waals surface area contributed by atoms with Gasteiger partial charge in [-0.15, -0.1) is 0 Å². The minimum absolute atomic E-state index is 0.0487. The molecule has 2 aliphatic rings. The molecular formula is C16H15ClN6O2. The van der Waals surface area contributed by atoms with E-state index in [0.717, 1.165) is 32.2 Å². The van der Waals surface area contributed by atoms with Crippen LogP contribution in [0, 0.1) is 11.3 Å². The summed E-state index contributed by atoms with van der Waals surface area (Å²) in [5, 5.41) is 16.0. The van der Waals surface area contributed by atoms with E-state index in [9.17, 15) is 4.79 Å². The summed E-state index contributed by atoms with van der Waals surface area (Å²) >= 11 is 6.27. The zero-order chi connectivity index (χ0) is 17.4. The molecule has 1 aliphatic carbocycles. The maximum absolute atomic E-state index is 12.0. The first-order valence-electron chi connectivity index (χ1n) is 8.12. The van der Waals surface area contributed by atoms with Gasteiger partial charge in [0.05, 0.1) is 10.6 Å². The van der Waals surface area contributed by atoms with E-state index >= 15 is 0 Å². The van der Waals surface area contributed by atoms with E-state index in [2.05, 4.69) is 20.4 Å². The van der Waals surface area contributed by atoms with E-state index < -0.39 is 0 Å². The number of amides is 1. The number of aromatic nitrogens is 3. The summed E-state index contributed by atoms with van der Waals surface area (Å²) in [7, 11) is 0. The number of rotatable bonds is 4. The highest BCUT2D eigenvalue weighted by Crippen LogP contribution is 2.37. The van der Waals surface area contributed by atoms with Gasteiger partial charge in [0.25, 0.3) is 11.7 Å². The molecule has 1 amide bonds. The smallest absolute Gasteiger partial charge is 0.292 e. The lowest BCUT2D eigenvalue weighted by Crippen LogP contribution is -2.27. The Labute approximate surface area is 148 Å². The summed E-state index contributed by atoms with van der Waals surface area (Å²) in [6.07, 6.45) is 5.18. The molecule has 2 aromatic heterocycles. The quantitative estimate of drug-likeness (QED) is 0.892. The fourth-order valence-electron chi connectivity index (χ4n) is 2.92. The van der Waals surface area contributed by atoms with Gasteiger partial charge in [0.2, 0.25) is 5.89 Å². The van der Waals surface area contributed by atoms with Crippen molar-refractivity contribution in [3.63, 3.8) is 0 Å². The van der Waals surface area contributed by atoms with E-state index in [0.29, 0.717) is 22.3 Å². The van der Waals surface area contributed by atoms with E-state index in [1.807, 2.05) is 11.0 Å². The maximum atomic E-state index is 12.0. The highest BCUT2D eigenvalue weighted by Gasteiger charge is 2.34. The third-order valence-electron chi connectivity index (χ3n) is 4.32. The number of halogens is 1. The zero-order valence-corrected chi connectivity index (χ0v) is 14.0. The van der Waals surface area contributed by atoms with Gasteiger partial charge in [0, 0.05) is 18.8 Å². The Morgan fingerprint density at radius 1 is 1.44 bits per heavy atom. The van der Waals surface area contributed by atoms with Crippen LogP contribution in [0.4, 0.5) is 5.82 Å². The van der Waals surface area contributed by atoms with Crippen molar-refractivity contribution in [2.75, 3.05) is 11.4 Å². The van der Waals surface area contributed by atoms with E-state index in [-0.39, 0.29) is 23.8 Å². The topological polar surface area (TPSA) is 108 Å². The average molecular weight is 359 g/mol. The highest BCUT2D eigenvalue weighted by atomic mass is 35.5. The third-order valence-corrected chi connectivity index (χ3v) is 4.60. The molecule has 2 fully saturated rings. The van der Waals surface area contributed by atoms with Crippen LogP contribution >= 0.6 is 11.6 Å². The molecule has 1 saturated carbocycles. The number of carbonyl (C=O) groups excluding carboxylic acids is 1. The van der Waals surface area contributed by atoms with E-state index in [1.165, 1.54) is 6.20 Å². The molecule has 2 aromatic rings. The van der Waals surface area contributed by atoms with Crippen LogP contribution < -0.4 is 10.2 Å². The summed E-state index contributed by atoms with van der Waals surface area (Å²) in [4.78, 5) is 22.6. The molecule has 0 aromatic carbocycles. The summed E-state index contributed by atoms with van der Waals surface area (Å²) in [6.45, 7) is 0.731. The Morgan fingerprint density at radius 3 is 3.00 bits per heavy atom. The SMILES string of the molecule is N#Cc1cnc(N2CCC[C@H]2c2nc(C(=O)NC3CC3)no2)c(Cl)c1. The first-order chi connectivity index (χ1) is 12.2. The van der Waals surface area contributed by atoms with Crippen LogP contribution in [-0.2, 0) is 0 Å². The van der Waals surface area contributed by atoms with E-state index in [1.54, 1.807) is 6.07 Å². The number of hydrogen-bond donors (Lipinski definition) is 1. The summed E-state index contributed by atoms with van der Waals surface area (Å²) in [5.74, 6) is 0.690. The molecular weight excluding hydrogens is 344 g/mol. The number of nitriles is 1. The molecule has 0 radical (unpaired) electrons. The number of nitrogens with one attached hydrogen (secondary N) is 1. The molecule has 1 N–H and O–H groups in total. The Bertz CT molecular complexity index is 857. The number of carbonyl (C=O) groups is 1. The van der Waals surface area contributed by atoms with Crippen LogP contribution in [0.1, 0.15) is 53.8 Å². The van der Waals surface area contributed by atoms with Gasteiger partial charge in [-0.3, -0.25) is 4.79 Å². The van der Waals surface area contributed by atoms with Crippen LogP contribution in [0.2, 0.25) is 5.02 Å². The maximum Gasteiger partial charge on any atom is 0.292 e. The predicted molar refractivity (Wildman–Crippen MR) is 88.1 cm³/mol. The highest BCUT2D eigenvalue weighted by molar-refractivity contribution is 6.33. The van der Waals surface area contributed by atoms with Gasteiger partial charge < -0.3 is 14.7 Å². The molecule has 1 atom stereocenters. The monoisotopic (exact) mass is 358 g/mol. The van der Waals surface area contributed by atoms with Crippen molar-refractivity contribution >= 4 is 23.3 Å². The summed E-state index contributed by atoms with van der Waals surface area (Å²) in [5.41, 5.74) is 0.404. The molecule has 4 rings (SSSR count). The molecule has 8 nitrogen and oxygen atoms in total. The van der Waals surface area contributed by atoms with Gasteiger partial charge in [-0.25, -0.2) is 4.98 Å². The minimum Gasteiger partial charge on any atom is -0.346 e. The molecule has 1 saturated heterocycles. The molecule has 9 heteroatoms. The molecule has 25 heavy (non-hydrogen) atoms. The molecule has 0 spiro atoms. The second-order valence-corrected chi connectivity index (χ2v) is 6.60. The van der Waals surface area contributed by atoms with Crippen molar-refractivity contribution in [3.05, 3.63) is 34.6 Å². The van der Waals surface area contributed by atoms with Crippen molar-refractivity contribution in [2.24, 2.45) is 0 Å². The molecule has 1 aliphatic heterocycles. The Morgan fingerprint density at radius 2 is 2.28 bits per heavy atom. The van der Waals surface area contributed by atoms with Crippen molar-refractivity contribution in [3.8, 4) is 6.07 Å². The lowest BCUT2D eigenvalue weighted by atomic mass is 10.2. The number of nitrogens with zero attached hydrogens (tertiary/aromatic N) is 5. The van der Waals surface area contributed by atoms with Crippen molar-refractivity contribution in [2.45, 2.75) is 37.8 Å². The van der Waals surface area contributed by atoms with Crippen LogP contribution in [-0.4, -0.2) is 33.6 Å². The summed E-state index contributed by atoms with van der Waals surface area (Å²) in [6, 6.07) is 3.65. The van der Waals surface area contributed by atoms with Crippen molar-refractivity contribution in [1.29, 1.82) is 5.26 Å². The number of anilines is 1. The first kappa shape index (κ1) is 15.8. The lowest BCUT2D eigenvalue weighted by molar-refractivity contribution is 0.0937. The number of pyridine rings is 1. The second kappa shape index (κ2) is 6.33. The van der Waals surface area contributed by atoms with Crippen molar-refractivity contribution < 1.29 is 9.32 Å². The summed E-state index contributed by atoms with van der Waals surface area (Å²) < 4.78 is 5.32. The Balaban J connectivity index is 1.56.